The lowest BCUT2D eigenvalue weighted by Crippen LogP contribution is -2.39. The van der Waals surface area contributed by atoms with Gasteiger partial charge in [0.05, 0.1) is 13.5 Å². The standard InChI is InChI=1S/C17H23NO3S/c1-21-17(20)8-7-16(19)18-11-9-14(10-12-18)13-22-15-5-3-2-4-6-15/h2-6,14H,7-13H2,1H3. The number of hydrogen-bond acceptors (Lipinski definition) is 4. The van der Waals surface area contributed by atoms with Gasteiger partial charge in [-0.2, -0.15) is 0 Å². The third-order valence-corrected chi connectivity index (χ3v) is 5.21. The first-order valence-electron chi connectivity index (χ1n) is 7.71. The van der Waals surface area contributed by atoms with Crippen molar-refractivity contribution in [1.82, 2.24) is 4.90 Å². The Hall–Kier alpha value is -1.49. The highest BCUT2D eigenvalue weighted by molar-refractivity contribution is 7.99. The fraction of sp³-hybridized carbons (Fsp3) is 0.529. The van der Waals surface area contributed by atoms with Gasteiger partial charge in [0.1, 0.15) is 0 Å². The van der Waals surface area contributed by atoms with Crippen molar-refractivity contribution in [2.45, 2.75) is 30.6 Å². The third kappa shape index (κ3) is 5.37. The second-order valence-electron chi connectivity index (χ2n) is 5.52. The van der Waals surface area contributed by atoms with Crippen LogP contribution in [0.15, 0.2) is 35.2 Å². The molecule has 1 aromatic rings. The van der Waals surface area contributed by atoms with E-state index in [0.717, 1.165) is 31.7 Å². The summed E-state index contributed by atoms with van der Waals surface area (Å²) in [6.45, 7) is 1.61. The van der Waals surface area contributed by atoms with Crippen molar-refractivity contribution in [3.63, 3.8) is 0 Å². The summed E-state index contributed by atoms with van der Waals surface area (Å²) in [5.74, 6) is 1.52. The lowest BCUT2D eigenvalue weighted by Gasteiger charge is -2.32. The molecule has 0 N–H and O–H groups in total. The summed E-state index contributed by atoms with van der Waals surface area (Å²) in [5, 5.41) is 0. The van der Waals surface area contributed by atoms with Gasteiger partial charge in [-0.25, -0.2) is 0 Å². The highest BCUT2D eigenvalue weighted by Crippen LogP contribution is 2.26. The van der Waals surface area contributed by atoms with Crippen molar-refractivity contribution in [2.75, 3.05) is 26.0 Å². The number of esters is 1. The van der Waals surface area contributed by atoms with E-state index in [4.69, 9.17) is 0 Å². The van der Waals surface area contributed by atoms with E-state index in [1.165, 1.54) is 12.0 Å². The van der Waals surface area contributed by atoms with Crippen molar-refractivity contribution in [2.24, 2.45) is 5.92 Å². The predicted molar refractivity (Wildman–Crippen MR) is 87.7 cm³/mol. The molecule has 0 bridgehead atoms. The molecule has 22 heavy (non-hydrogen) atoms. The fourth-order valence-electron chi connectivity index (χ4n) is 2.55. The topological polar surface area (TPSA) is 46.6 Å². The van der Waals surface area contributed by atoms with Crippen LogP contribution in [0.2, 0.25) is 0 Å². The first-order chi connectivity index (χ1) is 10.7. The largest absolute Gasteiger partial charge is 0.469 e. The van der Waals surface area contributed by atoms with Gasteiger partial charge in [0, 0.05) is 30.2 Å². The summed E-state index contributed by atoms with van der Waals surface area (Å²) in [6.07, 6.45) is 2.53. The first-order valence-corrected chi connectivity index (χ1v) is 8.70. The van der Waals surface area contributed by atoms with Crippen LogP contribution in [0.4, 0.5) is 0 Å². The molecule has 2 rings (SSSR count). The van der Waals surface area contributed by atoms with Gasteiger partial charge in [-0.05, 0) is 30.9 Å². The third-order valence-electron chi connectivity index (χ3n) is 3.97. The van der Waals surface area contributed by atoms with Crippen LogP contribution < -0.4 is 0 Å². The fourth-order valence-corrected chi connectivity index (χ4v) is 3.66. The molecular formula is C17H23NO3S. The molecule has 1 saturated heterocycles. The number of carbonyl (C=O) groups is 2. The van der Waals surface area contributed by atoms with Crippen LogP contribution in [0.3, 0.4) is 0 Å². The SMILES string of the molecule is COC(=O)CCC(=O)N1CCC(CSc2ccccc2)CC1. The molecule has 1 aromatic carbocycles. The molecule has 120 valence electrons. The number of thioether (sulfide) groups is 1. The minimum absolute atomic E-state index is 0.0690. The van der Waals surface area contributed by atoms with E-state index in [1.807, 2.05) is 22.7 Å². The molecule has 0 aromatic heterocycles. The van der Waals surface area contributed by atoms with Gasteiger partial charge in [0.25, 0.3) is 0 Å². The van der Waals surface area contributed by atoms with Crippen LogP contribution >= 0.6 is 11.8 Å². The van der Waals surface area contributed by atoms with Gasteiger partial charge in [-0.15, -0.1) is 11.8 Å². The zero-order valence-electron chi connectivity index (χ0n) is 13.0. The first kappa shape index (κ1) is 16.9. The second-order valence-corrected chi connectivity index (χ2v) is 6.62. The zero-order chi connectivity index (χ0) is 15.8. The van der Waals surface area contributed by atoms with Crippen molar-refractivity contribution >= 4 is 23.6 Å². The van der Waals surface area contributed by atoms with Crippen molar-refractivity contribution in [3.05, 3.63) is 30.3 Å². The van der Waals surface area contributed by atoms with E-state index in [2.05, 4.69) is 29.0 Å². The highest BCUT2D eigenvalue weighted by Gasteiger charge is 2.23. The van der Waals surface area contributed by atoms with Gasteiger partial charge in [-0.3, -0.25) is 9.59 Å². The van der Waals surface area contributed by atoms with E-state index in [1.54, 1.807) is 0 Å². The summed E-state index contributed by atoms with van der Waals surface area (Å²) in [4.78, 5) is 26.3. The smallest absolute Gasteiger partial charge is 0.306 e. The molecule has 0 aliphatic carbocycles. The molecule has 1 amide bonds. The number of nitrogens with zero attached hydrogens (tertiary/aromatic N) is 1. The Balaban J connectivity index is 1.67. The lowest BCUT2D eigenvalue weighted by atomic mass is 9.98. The van der Waals surface area contributed by atoms with E-state index in [0.29, 0.717) is 5.92 Å². The van der Waals surface area contributed by atoms with Crippen LogP contribution in [0.5, 0.6) is 0 Å². The average Bonchev–Trinajstić information content (AvgIpc) is 2.59. The molecule has 1 aliphatic heterocycles. The average molecular weight is 321 g/mol. The lowest BCUT2D eigenvalue weighted by molar-refractivity contribution is -0.143. The minimum Gasteiger partial charge on any atom is -0.469 e. The van der Waals surface area contributed by atoms with Crippen LogP contribution in [-0.2, 0) is 14.3 Å². The summed E-state index contributed by atoms with van der Waals surface area (Å²) in [5.41, 5.74) is 0. The van der Waals surface area contributed by atoms with E-state index < -0.39 is 0 Å². The number of methoxy groups -OCH3 is 1. The Morgan fingerprint density at radius 1 is 1.18 bits per heavy atom. The van der Waals surface area contributed by atoms with E-state index in [9.17, 15) is 9.59 Å². The van der Waals surface area contributed by atoms with Crippen LogP contribution in [-0.4, -0.2) is 42.7 Å². The quantitative estimate of drug-likeness (QED) is 0.597. The molecule has 0 spiro atoms. The van der Waals surface area contributed by atoms with E-state index in [-0.39, 0.29) is 24.7 Å². The number of amides is 1. The predicted octanol–water partition coefficient (Wildman–Crippen LogP) is 2.97. The van der Waals surface area contributed by atoms with Crippen molar-refractivity contribution in [3.8, 4) is 0 Å². The summed E-state index contributed by atoms with van der Waals surface area (Å²) >= 11 is 1.89. The van der Waals surface area contributed by atoms with Gasteiger partial charge >= 0.3 is 5.97 Å². The summed E-state index contributed by atoms with van der Waals surface area (Å²) in [7, 11) is 1.35. The maximum atomic E-state index is 12.0. The molecule has 0 saturated carbocycles. The zero-order valence-corrected chi connectivity index (χ0v) is 13.8. The normalized spacial score (nSPS) is 15.6. The maximum Gasteiger partial charge on any atom is 0.306 e. The molecular weight excluding hydrogens is 298 g/mol. The van der Waals surface area contributed by atoms with Crippen molar-refractivity contribution < 1.29 is 14.3 Å². The Bertz CT molecular complexity index is 484. The van der Waals surface area contributed by atoms with Crippen LogP contribution in [0, 0.1) is 5.92 Å². The maximum absolute atomic E-state index is 12.0. The van der Waals surface area contributed by atoms with Gasteiger partial charge in [-0.1, -0.05) is 18.2 Å². The Morgan fingerprint density at radius 2 is 1.86 bits per heavy atom. The Morgan fingerprint density at radius 3 is 2.50 bits per heavy atom. The molecule has 1 fully saturated rings. The van der Waals surface area contributed by atoms with Gasteiger partial charge in [0.2, 0.25) is 5.91 Å². The highest BCUT2D eigenvalue weighted by atomic mass is 32.2. The molecule has 1 heterocycles. The molecule has 0 radical (unpaired) electrons. The molecule has 1 aliphatic rings. The summed E-state index contributed by atoms with van der Waals surface area (Å²) < 4.78 is 4.57. The number of hydrogen-bond donors (Lipinski definition) is 0. The summed E-state index contributed by atoms with van der Waals surface area (Å²) in [6, 6.07) is 10.4. The van der Waals surface area contributed by atoms with Crippen molar-refractivity contribution in [1.29, 1.82) is 0 Å². The Kier molecular flexibility index (Phi) is 6.77. The number of likely N-dealkylation sites (tertiary alicyclic amines) is 1. The van der Waals surface area contributed by atoms with Crippen LogP contribution in [0.25, 0.3) is 0 Å². The second kappa shape index (κ2) is 8.83. The van der Waals surface area contributed by atoms with E-state index >= 15 is 0 Å². The Labute approximate surface area is 136 Å². The number of ether oxygens (including phenoxy) is 1. The molecule has 4 nitrogen and oxygen atoms in total. The van der Waals surface area contributed by atoms with Crippen LogP contribution in [0.1, 0.15) is 25.7 Å². The number of piperidine rings is 1. The molecule has 5 heteroatoms. The minimum atomic E-state index is -0.317. The number of rotatable bonds is 6. The number of benzene rings is 1. The molecule has 0 atom stereocenters. The number of carbonyl (C=O) groups excluding carboxylic acids is 2. The van der Waals surface area contributed by atoms with Gasteiger partial charge in [0.15, 0.2) is 0 Å². The monoisotopic (exact) mass is 321 g/mol. The van der Waals surface area contributed by atoms with Gasteiger partial charge < -0.3 is 9.64 Å². The molecule has 0 unspecified atom stereocenters.